The first-order valence-electron chi connectivity index (χ1n) is 5.07. The molecule has 0 aromatic heterocycles. The van der Waals surface area contributed by atoms with Crippen molar-refractivity contribution in [1.29, 1.82) is 0 Å². The number of amides is 2. The second-order valence-corrected chi connectivity index (χ2v) is 4.06. The quantitative estimate of drug-likeness (QED) is 0.540. The summed E-state index contributed by atoms with van der Waals surface area (Å²) in [5.41, 5.74) is 0. The van der Waals surface area contributed by atoms with Crippen molar-refractivity contribution in [2.75, 3.05) is 26.2 Å². The molecule has 0 aromatic rings. The summed E-state index contributed by atoms with van der Waals surface area (Å²) >= 11 is 0. The number of β-amino-alcohol motifs (C(OH)–C–C–N with tert-alkyl or cyclic N) is 2. The molecule has 2 fully saturated rings. The van der Waals surface area contributed by atoms with Gasteiger partial charge < -0.3 is 20.0 Å². The van der Waals surface area contributed by atoms with Crippen LogP contribution >= 0.6 is 0 Å². The Morgan fingerprint density at radius 3 is 1.71 bits per heavy atom. The van der Waals surface area contributed by atoms with E-state index in [4.69, 9.17) is 0 Å². The van der Waals surface area contributed by atoms with E-state index >= 15 is 0 Å². The highest BCUT2D eigenvalue weighted by molar-refractivity contribution is 5.75. The first-order chi connectivity index (χ1) is 6.66. The van der Waals surface area contributed by atoms with Crippen molar-refractivity contribution in [3.05, 3.63) is 0 Å². The van der Waals surface area contributed by atoms with Gasteiger partial charge in [-0.15, -0.1) is 0 Å². The van der Waals surface area contributed by atoms with Gasteiger partial charge in [0.25, 0.3) is 0 Å². The second kappa shape index (κ2) is 3.74. The fourth-order valence-corrected chi connectivity index (χ4v) is 2.03. The molecule has 14 heavy (non-hydrogen) atoms. The van der Waals surface area contributed by atoms with Gasteiger partial charge in [-0.1, -0.05) is 0 Å². The number of rotatable bonds is 0. The summed E-state index contributed by atoms with van der Waals surface area (Å²) in [6, 6.07) is -0.0434. The minimum atomic E-state index is -0.369. The summed E-state index contributed by atoms with van der Waals surface area (Å²) in [6.07, 6.45) is 0.600. The molecule has 0 saturated carbocycles. The number of nitrogens with zero attached hydrogens (tertiary/aromatic N) is 2. The number of hydrogen-bond acceptors (Lipinski definition) is 3. The highest BCUT2D eigenvalue weighted by Gasteiger charge is 2.31. The lowest BCUT2D eigenvalue weighted by Crippen LogP contribution is -2.41. The molecular weight excluding hydrogens is 184 g/mol. The average molecular weight is 200 g/mol. The summed E-state index contributed by atoms with van der Waals surface area (Å²) in [4.78, 5) is 15.1. The minimum Gasteiger partial charge on any atom is -0.391 e. The molecule has 0 bridgehead atoms. The van der Waals surface area contributed by atoms with Crippen molar-refractivity contribution in [3.63, 3.8) is 0 Å². The highest BCUT2D eigenvalue weighted by Crippen LogP contribution is 2.15. The Morgan fingerprint density at radius 1 is 1.00 bits per heavy atom. The third kappa shape index (κ3) is 1.83. The second-order valence-electron chi connectivity index (χ2n) is 4.06. The van der Waals surface area contributed by atoms with Gasteiger partial charge in [-0.3, -0.25) is 0 Å². The van der Waals surface area contributed by atoms with Gasteiger partial charge in [0.1, 0.15) is 0 Å². The van der Waals surface area contributed by atoms with Crippen LogP contribution in [-0.2, 0) is 0 Å². The molecule has 0 spiro atoms. The van der Waals surface area contributed by atoms with E-state index in [9.17, 15) is 15.0 Å². The Hall–Kier alpha value is -0.810. The Kier molecular flexibility index (Phi) is 2.60. The number of urea groups is 1. The fourth-order valence-electron chi connectivity index (χ4n) is 2.03. The van der Waals surface area contributed by atoms with Crippen molar-refractivity contribution >= 4 is 6.03 Å². The fraction of sp³-hybridized carbons (Fsp3) is 0.889. The van der Waals surface area contributed by atoms with Gasteiger partial charge in [0, 0.05) is 26.2 Å². The highest BCUT2D eigenvalue weighted by atomic mass is 16.3. The van der Waals surface area contributed by atoms with E-state index in [0.717, 1.165) is 0 Å². The van der Waals surface area contributed by atoms with Crippen molar-refractivity contribution in [2.24, 2.45) is 0 Å². The maximum atomic E-state index is 11.8. The molecule has 2 N–H and O–H groups in total. The minimum absolute atomic E-state index is 0.0434. The predicted molar refractivity (Wildman–Crippen MR) is 49.8 cm³/mol. The van der Waals surface area contributed by atoms with Crippen LogP contribution < -0.4 is 0 Å². The number of hydrogen-bond donors (Lipinski definition) is 2. The van der Waals surface area contributed by atoms with E-state index in [1.54, 1.807) is 9.80 Å². The Morgan fingerprint density at radius 2 is 1.43 bits per heavy atom. The van der Waals surface area contributed by atoms with E-state index in [1.165, 1.54) is 0 Å². The van der Waals surface area contributed by atoms with E-state index in [1.807, 2.05) is 0 Å². The lowest BCUT2D eigenvalue weighted by molar-refractivity contribution is 0.142. The summed E-state index contributed by atoms with van der Waals surface area (Å²) in [5, 5.41) is 18.6. The Balaban J connectivity index is 1.89. The van der Waals surface area contributed by atoms with Crippen LogP contribution in [0.2, 0.25) is 0 Å². The zero-order chi connectivity index (χ0) is 10.1. The van der Waals surface area contributed by atoms with Gasteiger partial charge in [-0.05, 0) is 12.8 Å². The Bertz CT molecular complexity index is 212. The van der Waals surface area contributed by atoms with Crippen molar-refractivity contribution < 1.29 is 15.0 Å². The molecule has 80 valence electrons. The summed E-state index contributed by atoms with van der Waals surface area (Å²) < 4.78 is 0. The van der Waals surface area contributed by atoms with E-state index in [0.29, 0.717) is 39.0 Å². The van der Waals surface area contributed by atoms with Crippen LogP contribution in [0, 0.1) is 0 Å². The van der Waals surface area contributed by atoms with Crippen molar-refractivity contribution in [1.82, 2.24) is 9.80 Å². The molecule has 2 saturated heterocycles. The van der Waals surface area contributed by atoms with Crippen LogP contribution in [0.3, 0.4) is 0 Å². The lowest BCUT2D eigenvalue weighted by atomic mass is 10.3. The smallest absolute Gasteiger partial charge is 0.320 e. The summed E-state index contributed by atoms with van der Waals surface area (Å²) in [7, 11) is 0. The van der Waals surface area contributed by atoms with Gasteiger partial charge in [0.2, 0.25) is 0 Å². The normalized spacial score (nSPS) is 32.7. The van der Waals surface area contributed by atoms with E-state index in [-0.39, 0.29) is 18.2 Å². The molecule has 5 heteroatoms. The first-order valence-corrected chi connectivity index (χ1v) is 5.07. The number of carbonyl (C=O) groups is 1. The topological polar surface area (TPSA) is 64.0 Å². The molecule has 0 aliphatic carbocycles. The van der Waals surface area contributed by atoms with E-state index < -0.39 is 0 Å². The predicted octanol–water partition coefficient (Wildman–Crippen LogP) is -0.760. The third-order valence-electron chi connectivity index (χ3n) is 2.87. The number of aliphatic hydroxyl groups is 2. The van der Waals surface area contributed by atoms with Crippen molar-refractivity contribution in [2.45, 2.75) is 25.0 Å². The van der Waals surface area contributed by atoms with Gasteiger partial charge in [0.15, 0.2) is 0 Å². The molecule has 2 heterocycles. The maximum absolute atomic E-state index is 11.8. The lowest BCUT2D eigenvalue weighted by Gasteiger charge is -2.23. The number of likely N-dealkylation sites (tertiary alicyclic amines) is 2. The van der Waals surface area contributed by atoms with Gasteiger partial charge >= 0.3 is 6.03 Å². The molecule has 2 rings (SSSR count). The van der Waals surface area contributed by atoms with Crippen LogP contribution in [0.1, 0.15) is 12.8 Å². The standard InChI is InChI=1S/C9H16N2O3/c12-7-1-3-10(5-7)9(14)11-4-2-8(13)6-11/h7-8,12-13H,1-6H2/t7-,8-/m1/s1. The van der Waals surface area contributed by atoms with Crippen LogP contribution in [0.4, 0.5) is 4.79 Å². The SMILES string of the molecule is O=C(N1CC[C@@H](O)C1)N1CC[C@@H](O)C1. The molecule has 2 amide bonds. The molecule has 2 aliphatic heterocycles. The maximum Gasteiger partial charge on any atom is 0.320 e. The summed E-state index contributed by atoms with van der Waals surface area (Å²) in [6.45, 7) is 2.13. The third-order valence-corrected chi connectivity index (χ3v) is 2.87. The molecule has 0 aromatic carbocycles. The van der Waals surface area contributed by atoms with Crippen LogP contribution in [0.5, 0.6) is 0 Å². The number of aliphatic hydroxyl groups excluding tert-OH is 2. The van der Waals surface area contributed by atoms with Crippen LogP contribution in [0.25, 0.3) is 0 Å². The first kappa shape index (κ1) is 9.73. The molecule has 0 unspecified atom stereocenters. The van der Waals surface area contributed by atoms with Crippen LogP contribution in [0.15, 0.2) is 0 Å². The van der Waals surface area contributed by atoms with Gasteiger partial charge in [-0.25, -0.2) is 4.79 Å². The average Bonchev–Trinajstić information content (AvgIpc) is 2.73. The molecule has 2 aliphatic rings. The number of carbonyl (C=O) groups excluding carboxylic acids is 1. The zero-order valence-corrected chi connectivity index (χ0v) is 8.09. The molecular formula is C9H16N2O3. The molecule has 2 atom stereocenters. The van der Waals surface area contributed by atoms with E-state index in [2.05, 4.69) is 0 Å². The monoisotopic (exact) mass is 200 g/mol. The molecule has 5 nitrogen and oxygen atoms in total. The van der Waals surface area contributed by atoms with Crippen LogP contribution in [-0.4, -0.2) is 64.4 Å². The summed E-state index contributed by atoms with van der Waals surface area (Å²) in [5.74, 6) is 0. The largest absolute Gasteiger partial charge is 0.391 e. The van der Waals surface area contributed by atoms with Gasteiger partial charge in [-0.2, -0.15) is 0 Å². The Labute approximate surface area is 82.9 Å². The van der Waals surface area contributed by atoms with Gasteiger partial charge in [0.05, 0.1) is 12.2 Å². The molecule has 0 radical (unpaired) electrons. The zero-order valence-electron chi connectivity index (χ0n) is 8.09. The van der Waals surface area contributed by atoms with Crippen molar-refractivity contribution in [3.8, 4) is 0 Å².